The maximum atomic E-state index is 12.9. The summed E-state index contributed by atoms with van der Waals surface area (Å²) >= 11 is 0. The smallest absolute Gasteiger partial charge is 0.342 e. The fourth-order valence-electron chi connectivity index (χ4n) is 2.95. The largest absolute Gasteiger partial charge is 0.457 e. The van der Waals surface area contributed by atoms with Gasteiger partial charge < -0.3 is 9.57 Å². The average molecular weight is 389 g/mol. The maximum absolute atomic E-state index is 12.9. The van der Waals surface area contributed by atoms with Crippen LogP contribution in [0.3, 0.4) is 0 Å². The van der Waals surface area contributed by atoms with Gasteiger partial charge in [0.05, 0.1) is 0 Å². The number of carbonyl (C=O) groups excluding carboxylic acids is 2. The topological polar surface area (TPSA) is 64.6 Å². The van der Waals surface area contributed by atoms with Crippen molar-refractivity contribution in [1.82, 2.24) is 5.48 Å². The molecule has 5 nitrogen and oxygen atoms in total. The monoisotopic (exact) mass is 389 g/mol. The third kappa shape index (κ3) is 5.94. The van der Waals surface area contributed by atoms with Gasteiger partial charge in [-0.2, -0.15) is 5.48 Å². The molecule has 0 fully saturated rings. The van der Waals surface area contributed by atoms with Crippen molar-refractivity contribution >= 4 is 11.9 Å². The first-order valence-corrected chi connectivity index (χ1v) is 9.44. The molecular formula is C24H23NO4. The summed E-state index contributed by atoms with van der Waals surface area (Å²) in [5, 5.41) is 0. The number of hydrogen-bond acceptors (Lipinski definition) is 4. The van der Waals surface area contributed by atoms with Crippen LogP contribution in [0.15, 0.2) is 78.9 Å². The molecule has 0 saturated carbocycles. The van der Waals surface area contributed by atoms with Crippen molar-refractivity contribution in [3.8, 4) is 5.75 Å². The first kappa shape index (κ1) is 20.1. The Kier molecular flexibility index (Phi) is 7.00. The third-order valence-corrected chi connectivity index (χ3v) is 4.36. The van der Waals surface area contributed by atoms with Gasteiger partial charge in [0.15, 0.2) is 5.75 Å². The van der Waals surface area contributed by atoms with E-state index in [1.165, 1.54) is 12.5 Å². The van der Waals surface area contributed by atoms with Crippen LogP contribution in [0.5, 0.6) is 5.75 Å². The van der Waals surface area contributed by atoms with Crippen molar-refractivity contribution in [1.29, 1.82) is 0 Å². The van der Waals surface area contributed by atoms with Crippen molar-refractivity contribution in [3.05, 3.63) is 101 Å². The molecule has 0 saturated heterocycles. The van der Waals surface area contributed by atoms with Gasteiger partial charge in [0.25, 0.3) is 0 Å². The summed E-state index contributed by atoms with van der Waals surface area (Å²) < 4.78 is 5.52. The predicted octanol–water partition coefficient (Wildman–Crippen LogP) is 4.26. The van der Waals surface area contributed by atoms with Crippen molar-refractivity contribution in [2.45, 2.75) is 26.4 Å². The van der Waals surface area contributed by atoms with Crippen LogP contribution in [0.2, 0.25) is 0 Å². The molecule has 3 aromatic carbocycles. The van der Waals surface area contributed by atoms with E-state index < -0.39 is 5.97 Å². The SMILES string of the molecule is CC(=O)NOc1cccc(CCc2ccccc2)c1C(=O)OCc1ccccc1. The summed E-state index contributed by atoms with van der Waals surface area (Å²) in [6.07, 6.45) is 1.40. The van der Waals surface area contributed by atoms with Crippen molar-refractivity contribution in [3.63, 3.8) is 0 Å². The normalized spacial score (nSPS) is 10.2. The number of amides is 1. The summed E-state index contributed by atoms with van der Waals surface area (Å²) in [4.78, 5) is 29.5. The van der Waals surface area contributed by atoms with Crippen molar-refractivity contribution in [2.24, 2.45) is 0 Å². The molecule has 1 amide bonds. The predicted molar refractivity (Wildman–Crippen MR) is 110 cm³/mol. The summed E-state index contributed by atoms with van der Waals surface area (Å²) in [6, 6.07) is 24.8. The third-order valence-electron chi connectivity index (χ3n) is 4.36. The summed E-state index contributed by atoms with van der Waals surface area (Å²) in [5.74, 6) is -0.579. The van der Waals surface area contributed by atoms with Gasteiger partial charge in [-0.25, -0.2) is 4.79 Å². The highest BCUT2D eigenvalue weighted by atomic mass is 16.7. The number of ether oxygens (including phenoxy) is 1. The van der Waals surface area contributed by atoms with E-state index in [9.17, 15) is 9.59 Å². The van der Waals surface area contributed by atoms with E-state index in [1.54, 1.807) is 12.1 Å². The Hall–Kier alpha value is -3.60. The molecule has 148 valence electrons. The molecule has 0 aromatic heterocycles. The summed E-state index contributed by atoms with van der Waals surface area (Å²) in [7, 11) is 0. The summed E-state index contributed by atoms with van der Waals surface area (Å²) in [5.41, 5.74) is 5.48. The second-order valence-electron chi connectivity index (χ2n) is 6.60. The van der Waals surface area contributed by atoms with E-state index in [0.717, 1.165) is 17.5 Å². The van der Waals surface area contributed by atoms with Gasteiger partial charge in [-0.15, -0.1) is 0 Å². The van der Waals surface area contributed by atoms with Crippen LogP contribution >= 0.6 is 0 Å². The Morgan fingerprint density at radius 3 is 2.10 bits per heavy atom. The maximum Gasteiger partial charge on any atom is 0.342 e. The van der Waals surface area contributed by atoms with Crippen LogP contribution in [-0.2, 0) is 29.0 Å². The molecular weight excluding hydrogens is 366 g/mol. The fourth-order valence-corrected chi connectivity index (χ4v) is 2.95. The summed E-state index contributed by atoms with van der Waals surface area (Å²) in [6.45, 7) is 1.50. The van der Waals surface area contributed by atoms with E-state index >= 15 is 0 Å². The van der Waals surface area contributed by atoms with Gasteiger partial charge in [-0.3, -0.25) is 4.79 Å². The number of aryl methyl sites for hydroxylation is 2. The van der Waals surface area contributed by atoms with Gasteiger partial charge in [-0.1, -0.05) is 72.8 Å². The van der Waals surface area contributed by atoms with Crippen molar-refractivity contribution < 1.29 is 19.2 Å². The molecule has 0 spiro atoms. The zero-order valence-electron chi connectivity index (χ0n) is 16.3. The lowest BCUT2D eigenvalue weighted by Crippen LogP contribution is -2.25. The lowest BCUT2D eigenvalue weighted by Gasteiger charge is -2.15. The van der Waals surface area contributed by atoms with Gasteiger partial charge in [-0.05, 0) is 35.6 Å². The molecule has 3 aromatic rings. The Balaban J connectivity index is 1.81. The second kappa shape index (κ2) is 10.1. The molecule has 29 heavy (non-hydrogen) atoms. The van der Waals surface area contributed by atoms with Crippen LogP contribution in [0.25, 0.3) is 0 Å². The second-order valence-corrected chi connectivity index (χ2v) is 6.60. The Labute approximate surface area is 170 Å². The molecule has 0 bridgehead atoms. The van der Waals surface area contributed by atoms with E-state index in [-0.39, 0.29) is 18.3 Å². The van der Waals surface area contributed by atoms with E-state index in [4.69, 9.17) is 9.57 Å². The number of rotatable bonds is 8. The number of hydrogen-bond donors (Lipinski definition) is 1. The standard InChI is InChI=1S/C24H23NO4/c1-18(26)25-29-22-14-8-13-21(16-15-19-9-4-2-5-10-19)23(22)24(27)28-17-20-11-6-3-7-12-20/h2-14H,15-17H2,1H3,(H,25,26). The number of hydroxylamine groups is 1. The van der Waals surface area contributed by atoms with Gasteiger partial charge in [0.2, 0.25) is 5.91 Å². The molecule has 0 aliphatic heterocycles. The Morgan fingerprint density at radius 2 is 1.45 bits per heavy atom. The van der Waals surface area contributed by atoms with E-state index in [1.807, 2.05) is 66.7 Å². The molecule has 0 atom stereocenters. The minimum absolute atomic E-state index is 0.159. The lowest BCUT2D eigenvalue weighted by molar-refractivity contribution is -0.125. The first-order valence-electron chi connectivity index (χ1n) is 9.44. The molecule has 0 aliphatic rings. The molecule has 1 N–H and O–H groups in total. The highest BCUT2D eigenvalue weighted by Crippen LogP contribution is 2.25. The average Bonchev–Trinajstić information content (AvgIpc) is 2.76. The van der Waals surface area contributed by atoms with E-state index in [2.05, 4.69) is 5.48 Å². The van der Waals surface area contributed by atoms with Gasteiger partial charge >= 0.3 is 5.97 Å². The minimum Gasteiger partial charge on any atom is -0.457 e. The van der Waals surface area contributed by atoms with Gasteiger partial charge in [0.1, 0.15) is 12.2 Å². The Bertz CT molecular complexity index is 955. The zero-order chi connectivity index (χ0) is 20.5. The first-order chi connectivity index (χ1) is 14.1. The van der Waals surface area contributed by atoms with Gasteiger partial charge in [0, 0.05) is 6.92 Å². The number of carbonyl (C=O) groups is 2. The molecule has 0 heterocycles. The molecule has 5 heteroatoms. The van der Waals surface area contributed by atoms with Crippen LogP contribution in [-0.4, -0.2) is 11.9 Å². The minimum atomic E-state index is -0.488. The molecule has 0 aliphatic carbocycles. The number of esters is 1. The number of benzene rings is 3. The molecule has 0 radical (unpaired) electrons. The van der Waals surface area contributed by atoms with Crippen molar-refractivity contribution in [2.75, 3.05) is 0 Å². The highest BCUT2D eigenvalue weighted by molar-refractivity contribution is 5.94. The highest BCUT2D eigenvalue weighted by Gasteiger charge is 2.20. The van der Waals surface area contributed by atoms with E-state index in [0.29, 0.717) is 12.0 Å². The van der Waals surface area contributed by atoms with Crippen LogP contribution in [0.1, 0.15) is 34.0 Å². The molecule has 0 unspecified atom stereocenters. The quantitative estimate of drug-likeness (QED) is 0.462. The van der Waals surface area contributed by atoms with Crippen LogP contribution in [0, 0.1) is 0 Å². The Morgan fingerprint density at radius 1 is 0.793 bits per heavy atom. The lowest BCUT2D eigenvalue weighted by atomic mass is 9.99. The van der Waals surface area contributed by atoms with Crippen LogP contribution < -0.4 is 10.3 Å². The zero-order valence-corrected chi connectivity index (χ0v) is 16.3. The molecule has 3 rings (SSSR count). The van der Waals surface area contributed by atoms with Crippen LogP contribution in [0.4, 0.5) is 0 Å². The number of nitrogens with one attached hydrogen (secondary N) is 1. The fraction of sp³-hybridized carbons (Fsp3) is 0.167.